The van der Waals surface area contributed by atoms with Crippen LogP contribution in [0, 0.1) is 0 Å². The van der Waals surface area contributed by atoms with E-state index in [2.05, 4.69) is 121 Å². The van der Waals surface area contributed by atoms with Gasteiger partial charge in [0.25, 0.3) is 0 Å². The number of nitrogens with zero attached hydrogens (tertiary/aromatic N) is 2. The fourth-order valence-corrected chi connectivity index (χ4v) is 4.66. The van der Waals surface area contributed by atoms with Crippen LogP contribution in [0.15, 0.2) is 115 Å². The zero-order valence-electron chi connectivity index (χ0n) is 22.1. The summed E-state index contributed by atoms with van der Waals surface area (Å²) in [6.07, 6.45) is 0. The van der Waals surface area contributed by atoms with Crippen LogP contribution >= 0.6 is 0 Å². The van der Waals surface area contributed by atoms with Gasteiger partial charge in [0.1, 0.15) is 0 Å². The highest BCUT2D eigenvalue weighted by Gasteiger charge is 2.21. The lowest BCUT2D eigenvalue weighted by molar-refractivity contribution is 0.302. The molecule has 4 aromatic rings. The van der Waals surface area contributed by atoms with Crippen molar-refractivity contribution in [1.82, 2.24) is 0 Å². The van der Waals surface area contributed by atoms with Crippen molar-refractivity contribution >= 4 is 11.4 Å². The van der Waals surface area contributed by atoms with E-state index in [0.29, 0.717) is 13.1 Å². The first kappa shape index (κ1) is 28.0. The molecule has 4 aromatic carbocycles. The average Bonchev–Trinajstić information content (AvgIpc) is 2.97. The average molecular weight is 497 g/mol. The third-order valence-electron chi connectivity index (χ3n) is 6.48. The number of para-hydroxylation sites is 2. The van der Waals surface area contributed by atoms with Gasteiger partial charge >= 0.3 is 0 Å². The van der Waals surface area contributed by atoms with Crippen LogP contribution in [0.4, 0.5) is 11.4 Å². The van der Waals surface area contributed by atoms with Crippen LogP contribution in [0.5, 0.6) is 0 Å². The van der Waals surface area contributed by atoms with Crippen molar-refractivity contribution in [2.24, 2.45) is 0 Å². The Labute approximate surface area is 222 Å². The molecule has 0 spiro atoms. The van der Waals surface area contributed by atoms with Gasteiger partial charge in [-0.3, -0.25) is 0 Å². The molecule has 2 N–H and O–H groups in total. The second kappa shape index (κ2) is 15.5. The SMILES string of the molecule is CCN(CCO)c1ccccc1.CCN(CCO)c1ccccc1C(c1ccccc1)c1ccccc1. The first-order chi connectivity index (χ1) is 18.2. The van der Waals surface area contributed by atoms with Crippen LogP contribution in [0.1, 0.15) is 36.5 Å². The summed E-state index contributed by atoms with van der Waals surface area (Å²) in [5.41, 5.74) is 6.20. The topological polar surface area (TPSA) is 46.9 Å². The van der Waals surface area contributed by atoms with Gasteiger partial charge in [0, 0.05) is 43.5 Å². The lowest BCUT2D eigenvalue weighted by Gasteiger charge is -2.29. The highest BCUT2D eigenvalue weighted by Crippen LogP contribution is 2.37. The second-order valence-electron chi connectivity index (χ2n) is 8.76. The van der Waals surface area contributed by atoms with Crippen molar-refractivity contribution in [3.8, 4) is 0 Å². The fourth-order valence-electron chi connectivity index (χ4n) is 4.66. The van der Waals surface area contributed by atoms with Crippen LogP contribution < -0.4 is 9.80 Å². The van der Waals surface area contributed by atoms with Crippen LogP contribution in [-0.4, -0.2) is 49.6 Å². The first-order valence-corrected chi connectivity index (χ1v) is 13.2. The van der Waals surface area contributed by atoms with Gasteiger partial charge in [-0.2, -0.15) is 0 Å². The van der Waals surface area contributed by atoms with Gasteiger partial charge in [-0.1, -0.05) is 97.1 Å². The summed E-state index contributed by atoms with van der Waals surface area (Å²) in [4.78, 5) is 4.38. The lowest BCUT2D eigenvalue weighted by atomic mass is 9.84. The Morgan fingerprint density at radius 2 is 0.973 bits per heavy atom. The Balaban J connectivity index is 0.000000266. The van der Waals surface area contributed by atoms with Crippen molar-refractivity contribution in [3.05, 3.63) is 132 Å². The van der Waals surface area contributed by atoms with Gasteiger partial charge in [-0.05, 0) is 48.7 Å². The molecular weight excluding hydrogens is 456 g/mol. The largest absolute Gasteiger partial charge is 0.395 e. The molecule has 0 atom stereocenters. The van der Waals surface area contributed by atoms with Gasteiger partial charge in [-0.15, -0.1) is 0 Å². The summed E-state index contributed by atoms with van der Waals surface area (Å²) in [7, 11) is 0. The minimum atomic E-state index is 0.156. The van der Waals surface area contributed by atoms with Gasteiger partial charge < -0.3 is 20.0 Å². The van der Waals surface area contributed by atoms with Gasteiger partial charge in [-0.25, -0.2) is 0 Å². The van der Waals surface area contributed by atoms with Crippen LogP contribution in [0.2, 0.25) is 0 Å². The maximum absolute atomic E-state index is 9.45. The highest BCUT2D eigenvalue weighted by atomic mass is 16.3. The normalized spacial score (nSPS) is 10.5. The van der Waals surface area contributed by atoms with Crippen molar-refractivity contribution in [3.63, 3.8) is 0 Å². The zero-order chi connectivity index (χ0) is 26.3. The molecule has 0 heterocycles. The van der Waals surface area contributed by atoms with Crippen LogP contribution in [-0.2, 0) is 0 Å². The van der Waals surface area contributed by atoms with E-state index in [9.17, 15) is 5.11 Å². The smallest absolute Gasteiger partial charge is 0.0606 e. The maximum atomic E-state index is 9.45. The molecule has 194 valence electrons. The number of hydrogen-bond donors (Lipinski definition) is 2. The van der Waals surface area contributed by atoms with Gasteiger partial charge in [0.2, 0.25) is 0 Å². The monoisotopic (exact) mass is 496 g/mol. The number of rotatable bonds is 11. The van der Waals surface area contributed by atoms with E-state index in [4.69, 9.17) is 5.11 Å². The van der Waals surface area contributed by atoms with E-state index in [1.54, 1.807) is 0 Å². The van der Waals surface area contributed by atoms with Gasteiger partial charge in [0.15, 0.2) is 0 Å². The molecule has 4 heteroatoms. The predicted molar refractivity (Wildman–Crippen MR) is 157 cm³/mol. The minimum absolute atomic E-state index is 0.156. The quantitative estimate of drug-likeness (QED) is 0.243. The molecule has 0 unspecified atom stereocenters. The molecule has 37 heavy (non-hydrogen) atoms. The molecule has 0 saturated heterocycles. The van der Waals surface area contributed by atoms with E-state index in [1.807, 2.05) is 18.2 Å². The van der Waals surface area contributed by atoms with E-state index in [-0.39, 0.29) is 19.1 Å². The molecule has 0 bridgehead atoms. The van der Waals surface area contributed by atoms with E-state index >= 15 is 0 Å². The zero-order valence-corrected chi connectivity index (χ0v) is 22.1. The van der Waals surface area contributed by atoms with Crippen molar-refractivity contribution < 1.29 is 10.2 Å². The number of likely N-dealkylation sites (N-methyl/N-ethyl adjacent to an activating group) is 2. The summed E-state index contributed by atoms with van der Waals surface area (Å²) in [5.74, 6) is 0.173. The minimum Gasteiger partial charge on any atom is -0.395 e. The van der Waals surface area contributed by atoms with Crippen molar-refractivity contribution in [2.45, 2.75) is 19.8 Å². The summed E-state index contributed by atoms with van der Waals surface area (Å²) in [6, 6.07) is 39.9. The molecule has 0 aliphatic carbocycles. The third kappa shape index (κ3) is 7.94. The molecule has 0 amide bonds. The summed E-state index contributed by atoms with van der Waals surface area (Å²) >= 11 is 0. The molecule has 4 nitrogen and oxygen atoms in total. The summed E-state index contributed by atoms with van der Waals surface area (Å²) in [6.45, 7) is 7.74. The molecule has 0 aliphatic heterocycles. The fraction of sp³-hybridized carbons (Fsp3) is 0.273. The maximum Gasteiger partial charge on any atom is 0.0606 e. The number of aliphatic hydroxyl groups is 2. The van der Waals surface area contributed by atoms with Gasteiger partial charge in [0.05, 0.1) is 13.2 Å². The number of hydrogen-bond acceptors (Lipinski definition) is 4. The van der Waals surface area contributed by atoms with Crippen molar-refractivity contribution in [2.75, 3.05) is 49.2 Å². The van der Waals surface area contributed by atoms with E-state index in [1.165, 1.54) is 28.1 Å². The van der Waals surface area contributed by atoms with E-state index < -0.39 is 0 Å². The molecule has 0 aromatic heterocycles. The standard InChI is InChI=1S/C23H25NO.C10H15NO/c1-2-24(17-18-25)22-16-10-9-15-21(22)23(19-11-5-3-6-12-19)20-13-7-4-8-14-20;1-2-11(8-9-12)10-6-4-3-5-7-10/h3-16,23,25H,2,17-18H2,1H3;3-7,12H,2,8-9H2,1H3. The highest BCUT2D eigenvalue weighted by molar-refractivity contribution is 5.60. The summed E-state index contributed by atoms with van der Waals surface area (Å²) < 4.78 is 0. The molecule has 0 fully saturated rings. The Bertz CT molecular complexity index is 1100. The Hall–Kier alpha value is -3.60. The first-order valence-electron chi connectivity index (χ1n) is 13.2. The summed E-state index contributed by atoms with van der Waals surface area (Å²) in [5, 5.41) is 18.2. The second-order valence-corrected chi connectivity index (χ2v) is 8.76. The molecule has 0 aliphatic rings. The van der Waals surface area contributed by atoms with E-state index in [0.717, 1.165) is 13.1 Å². The predicted octanol–water partition coefficient (Wildman–Crippen LogP) is 6.19. The molecule has 0 radical (unpaired) electrons. The Morgan fingerprint density at radius 3 is 1.46 bits per heavy atom. The molecule has 4 rings (SSSR count). The molecular formula is C33H40N2O2. The Kier molecular flexibility index (Phi) is 11.7. The van der Waals surface area contributed by atoms with Crippen LogP contribution in [0.25, 0.3) is 0 Å². The van der Waals surface area contributed by atoms with Crippen molar-refractivity contribution in [1.29, 1.82) is 0 Å². The third-order valence-corrected chi connectivity index (χ3v) is 6.48. The van der Waals surface area contributed by atoms with Crippen LogP contribution in [0.3, 0.4) is 0 Å². The number of aliphatic hydroxyl groups excluding tert-OH is 2. The lowest BCUT2D eigenvalue weighted by Crippen LogP contribution is -2.27. The number of anilines is 2. The Morgan fingerprint density at radius 1 is 0.541 bits per heavy atom. The number of benzene rings is 4. The molecule has 0 saturated carbocycles.